The van der Waals surface area contributed by atoms with Crippen LogP contribution in [0, 0.1) is 5.82 Å². The van der Waals surface area contributed by atoms with Crippen molar-refractivity contribution in [3.8, 4) is 0 Å². The number of fused-ring (bicyclic) bond motifs is 1. The van der Waals surface area contributed by atoms with E-state index in [4.69, 9.17) is 4.74 Å². The Morgan fingerprint density at radius 2 is 2.16 bits per heavy atom. The Bertz CT molecular complexity index is 950. The van der Waals surface area contributed by atoms with Gasteiger partial charge < -0.3 is 9.72 Å². The lowest BCUT2D eigenvalue weighted by molar-refractivity contribution is -0.0336. The number of hydrogen-bond donors (Lipinski definition) is 1. The second-order valence-electron chi connectivity index (χ2n) is 6.16. The standard InChI is InChI=1S/C17H18FN5O2/c1-22-16-13(8-19-22)17(24)21-15(20-16)10-23-6-7-25-14(9-23)11-2-4-12(18)5-3-11/h2-5,8,14H,6-7,9-10H2,1H3,(H,20,21,24). The molecular formula is C17H18FN5O2. The highest BCUT2D eigenvalue weighted by atomic mass is 19.1. The highest BCUT2D eigenvalue weighted by molar-refractivity contribution is 5.72. The van der Waals surface area contributed by atoms with E-state index in [2.05, 4.69) is 20.0 Å². The molecule has 2 aromatic heterocycles. The topological polar surface area (TPSA) is 76.0 Å². The number of nitrogens with zero attached hydrogens (tertiary/aromatic N) is 4. The third kappa shape index (κ3) is 3.18. The molecule has 1 aliphatic heterocycles. The third-order valence-corrected chi connectivity index (χ3v) is 4.42. The van der Waals surface area contributed by atoms with E-state index in [1.54, 1.807) is 23.9 Å². The first-order valence-corrected chi connectivity index (χ1v) is 8.10. The Morgan fingerprint density at radius 3 is 2.96 bits per heavy atom. The molecule has 1 atom stereocenters. The molecule has 0 amide bonds. The van der Waals surface area contributed by atoms with Crippen LogP contribution in [-0.4, -0.2) is 44.3 Å². The molecule has 0 aliphatic carbocycles. The Morgan fingerprint density at radius 1 is 1.36 bits per heavy atom. The molecule has 8 heteroatoms. The fourth-order valence-electron chi connectivity index (χ4n) is 3.09. The van der Waals surface area contributed by atoms with Gasteiger partial charge in [0.1, 0.15) is 17.0 Å². The maximum Gasteiger partial charge on any atom is 0.262 e. The Balaban J connectivity index is 1.53. The summed E-state index contributed by atoms with van der Waals surface area (Å²) in [5.41, 5.74) is 1.33. The highest BCUT2D eigenvalue weighted by Crippen LogP contribution is 2.23. The van der Waals surface area contributed by atoms with Gasteiger partial charge in [0.25, 0.3) is 5.56 Å². The lowest BCUT2D eigenvalue weighted by atomic mass is 10.1. The molecule has 0 spiro atoms. The lowest BCUT2D eigenvalue weighted by Crippen LogP contribution is -2.38. The average Bonchev–Trinajstić information content (AvgIpc) is 2.98. The van der Waals surface area contributed by atoms with Crippen molar-refractivity contribution in [3.63, 3.8) is 0 Å². The van der Waals surface area contributed by atoms with Gasteiger partial charge >= 0.3 is 0 Å². The number of rotatable bonds is 3. The summed E-state index contributed by atoms with van der Waals surface area (Å²) in [5, 5.41) is 4.56. The average molecular weight is 343 g/mol. The number of aromatic amines is 1. The van der Waals surface area contributed by atoms with Crippen LogP contribution >= 0.6 is 0 Å². The van der Waals surface area contributed by atoms with Gasteiger partial charge in [-0.25, -0.2) is 9.37 Å². The van der Waals surface area contributed by atoms with Crippen molar-refractivity contribution in [1.82, 2.24) is 24.6 Å². The number of morpholine rings is 1. The first-order valence-electron chi connectivity index (χ1n) is 8.10. The van der Waals surface area contributed by atoms with Crippen molar-refractivity contribution < 1.29 is 9.13 Å². The Labute approximate surface area is 143 Å². The minimum atomic E-state index is -0.261. The Kier molecular flexibility index (Phi) is 4.06. The monoisotopic (exact) mass is 343 g/mol. The molecule has 25 heavy (non-hydrogen) atoms. The molecule has 1 saturated heterocycles. The second kappa shape index (κ2) is 6.38. The van der Waals surface area contributed by atoms with E-state index in [1.807, 2.05) is 0 Å². The van der Waals surface area contributed by atoms with E-state index in [0.717, 1.165) is 12.1 Å². The van der Waals surface area contributed by atoms with E-state index in [-0.39, 0.29) is 17.5 Å². The number of nitrogens with one attached hydrogen (secondary N) is 1. The molecule has 1 N–H and O–H groups in total. The van der Waals surface area contributed by atoms with Crippen LogP contribution in [0.5, 0.6) is 0 Å². The number of aromatic nitrogens is 4. The van der Waals surface area contributed by atoms with Gasteiger partial charge in [-0.05, 0) is 17.7 Å². The quantitative estimate of drug-likeness (QED) is 0.777. The van der Waals surface area contributed by atoms with E-state index in [9.17, 15) is 9.18 Å². The van der Waals surface area contributed by atoms with Gasteiger partial charge in [0.05, 0.1) is 25.5 Å². The molecular weight excluding hydrogens is 325 g/mol. The van der Waals surface area contributed by atoms with Crippen LogP contribution in [0.4, 0.5) is 4.39 Å². The van der Waals surface area contributed by atoms with Crippen LogP contribution in [0.2, 0.25) is 0 Å². The summed E-state index contributed by atoms with van der Waals surface area (Å²) < 4.78 is 20.5. The van der Waals surface area contributed by atoms with Gasteiger partial charge in [-0.1, -0.05) is 12.1 Å². The van der Waals surface area contributed by atoms with Crippen molar-refractivity contribution in [2.24, 2.45) is 7.05 Å². The fraction of sp³-hybridized carbons (Fsp3) is 0.353. The maximum atomic E-state index is 13.1. The first kappa shape index (κ1) is 15.9. The number of aryl methyl sites for hydroxylation is 1. The summed E-state index contributed by atoms with van der Waals surface area (Å²) in [7, 11) is 1.76. The normalized spacial score (nSPS) is 18.7. The van der Waals surface area contributed by atoms with Crippen LogP contribution in [0.3, 0.4) is 0 Å². The summed E-state index contributed by atoms with van der Waals surface area (Å²) >= 11 is 0. The molecule has 3 aromatic rings. The summed E-state index contributed by atoms with van der Waals surface area (Å²) in [6.07, 6.45) is 1.39. The fourth-order valence-corrected chi connectivity index (χ4v) is 3.09. The lowest BCUT2D eigenvalue weighted by Gasteiger charge is -2.32. The number of H-pyrrole nitrogens is 1. The maximum absolute atomic E-state index is 13.1. The number of benzene rings is 1. The third-order valence-electron chi connectivity index (χ3n) is 4.42. The van der Waals surface area contributed by atoms with E-state index in [0.29, 0.717) is 36.6 Å². The van der Waals surface area contributed by atoms with Gasteiger partial charge in [-0.2, -0.15) is 5.10 Å². The van der Waals surface area contributed by atoms with Crippen LogP contribution in [0.15, 0.2) is 35.3 Å². The molecule has 1 fully saturated rings. The summed E-state index contributed by atoms with van der Waals surface area (Å²) in [6.45, 7) is 2.47. The van der Waals surface area contributed by atoms with Crippen LogP contribution in [0.1, 0.15) is 17.5 Å². The van der Waals surface area contributed by atoms with Crippen LogP contribution in [0.25, 0.3) is 11.0 Å². The molecule has 7 nitrogen and oxygen atoms in total. The van der Waals surface area contributed by atoms with Crippen molar-refractivity contribution >= 4 is 11.0 Å². The van der Waals surface area contributed by atoms with Gasteiger partial charge in [0.15, 0.2) is 5.65 Å². The van der Waals surface area contributed by atoms with Crippen molar-refractivity contribution in [2.45, 2.75) is 12.6 Å². The Hall–Kier alpha value is -2.58. The molecule has 0 bridgehead atoms. The SMILES string of the molecule is Cn1ncc2c(=O)[nH]c(CN3CCOC(c4ccc(F)cc4)C3)nc21. The van der Waals surface area contributed by atoms with Crippen LogP contribution in [-0.2, 0) is 18.3 Å². The summed E-state index contributed by atoms with van der Waals surface area (Å²) in [6, 6.07) is 6.36. The number of halogens is 1. The predicted molar refractivity (Wildman–Crippen MR) is 89.5 cm³/mol. The summed E-state index contributed by atoms with van der Waals surface area (Å²) in [5.74, 6) is 0.337. The van der Waals surface area contributed by atoms with Gasteiger partial charge in [0, 0.05) is 20.1 Å². The largest absolute Gasteiger partial charge is 0.371 e. The van der Waals surface area contributed by atoms with E-state index < -0.39 is 0 Å². The smallest absolute Gasteiger partial charge is 0.262 e. The highest BCUT2D eigenvalue weighted by Gasteiger charge is 2.23. The van der Waals surface area contributed by atoms with E-state index >= 15 is 0 Å². The molecule has 130 valence electrons. The minimum absolute atomic E-state index is 0.124. The van der Waals surface area contributed by atoms with Gasteiger partial charge in [-0.15, -0.1) is 0 Å². The molecule has 1 unspecified atom stereocenters. The van der Waals surface area contributed by atoms with Crippen molar-refractivity contribution in [1.29, 1.82) is 0 Å². The zero-order chi connectivity index (χ0) is 17.4. The second-order valence-corrected chi connectivity index (χ2v) is 6.16. The first-order chi connectivity index (χ1) is 12.1. The van der Waals surface area contributed by atoms with Gasteiger partial charge in [0.2, 0.25) is 0 Å². The molecule has 0 radical (unpaired) electrons. The molecule has 3 heterocycles. The number of ether oxygens (including phenoxy) is 1. The zero-order valence-electron chi connectivity index (χ0n) is 13.8. The molecule has 1 aromatic carbocycles. The minimum Gasteiger partial charge on any atom is -0.371 e. The summed E-state index contributed by atoms with van der Waals surface area (Å²) in [4.78, 5) is 21.6. The predicted octanol–water partition coefficient (Wildman–Crippen LogP) is 1.37. The van der Waals surface area contributed by atoms with Gasteiger partial charge in [-0.3, -0.25) is 14.4 Å². The number of hydrogen-bond acceptors (Lipinski definition) is 5. The van der Waals surface area contributed by atoms with E-state index in [1.165, 1.54) is 18.3 Å². The molecule has 1 aliphatic rings. The molecule has 0 saturated carbocycles. The van der Waals surface area contributed by atoms with Crippen molar-refractivity contribution in [3.05, 3.63) is 58.0 Å². The molecule has 4 rings (SSSR count). The van der Waals surface area contributed by atoms with Crippen LogP contribution < -0.4 is 5.56 Å². The van der Waals surface area contributed by atoms with Crippen molar-refractivity contribution in [2.75, 3.05) is 19.7 Å². The zero-order valence-corrected chi connectivity index (χ0v) is 13.8.